The van der Waals surface area contributed by atoms with Crippen LogP contribution >= 0.6 is 0 Å². The van der Waals surface area contributed by atoms with Gasteiger partial charge in [0.15, 0.2) is 5.65 Å². The maximum atomic E-state index is 13.0. The zero-order valence-corrected chi connectivity index (χ0v) is 14.7. The Morgan fingerprint density at radius 1 is 1.00 bits per heavy atom. The van der Waals surface area contributed by atoms with Gasteiger partial charge in [-0.25, -0.2) is 0 Å². The predicted molar refractivity (Wildman–Crippen MR) is 90.3 cm³/mol. The highest BCUT2D eigenvalue weighted by Crippen LogP contribution is 2.28. The summed E-state index contributed by atoms with van der Waals surface area (Å²) in [4.78, 5) is 18.1. The third-order valence-corrected chi connectivity index (χ3v) is 5.02. The number of likely N-dealkylation sites (tertiary alicyclic amines) is 1. The lowest BCUT2D eigenvalue weighted by molar-refractivity contribution is -0.146. The summed E-state index contributed by atoms with van der Waals surface area (Å²) >= 11 is 0. The number of carbonyl (C=O) groups is 1. The third-order valence-electron chi connectivity index (χ3n) is 5.02. The molecule has 2 aromatic rings. The first-order valence-corrected chi connectivity index (χ1v) is 8.96. The molecule has 0 spiro atoms. The highest BCUT2D eigenvalue weighted by molar-refractivity contribution is 5.78. The van der Waals surface area contributed by atoms with Crippen molar-refractivity contribution >= 4 is 17.4 Å². The number of carbonyl (C=O) groups excluding carboxylic acids is 1. The number of piperazine rings is 1. The molecule has 2 fully saturated rings. The Morgan fingerprint density at radius 2 is 1.70 bits per heavy atom. The van der Waals surface area contributed by atoms with E-state index in [0.717, 1.165) is 30.4 Å². The van der Waals surface area contributed by atoms with Crippen molar-refractivity contribution in [3.05, 3.63) is 18.0 Å². The Balaban J connectivity index is 1.41. The molecular weight excluding hydrogens is 363 g/mol. The van der Waals surface area contributed by atoms with E-state index in [1.54, 1.807) is 6.07 Å². The fourth-order valence-electron chi connectivity index (χ4n) is 3.52. The van der Waals surface area contributed by atoms with E-state index in [9.17, 15) is 18.0 Å². The van der Waals surface area contributed by atoms with Crippen molar-refractivity contribution in [2.75, 3.05) is 50.7 Å². The van der Waals surface area contributed by atoms with Gasteiger partial charge in [-0.2, -0.15) is 17.7 Å². The minimum Gasteiger partial charge on any atom is -0.353 e. The number of fused-ring (bicyclic) bond motifs is 1. The summed E-state index contributed by atoms with van der Waals surface area (Å²) in [7, 11) is 0. The van der Waals surface area contributed by atoms with Crippen LogP contribution in [0, 0.1) is 0 Å². The van der Waals surface area contributed by atoms with Gasteiger partial charge in [-0.15, -0.1) is 15.3 Å². The van der Waals surface area contributed by atoms with E-state index in [2.05, 4.69) is 20.2 Å². The fourth-order valence-corrected chi connectivity index (χ4v) is 3.52. The van der Waals surface area contributed by atoms with Crippen molar-refractivity contribution in [1.82, 2.24) is 29.6 Å². The first kappa shape index (κ1) is 18.0. The summed E-state index contributed by atoms with van der Waals surface area (Å²) in [5.41, 5.74) is 0.0564. The number of nitrogens with zero attached hydrogens (tertiary/aromatic N) is 7. The quantitative estimate of drug-likeness (QED) is 0.784. The van der Waals surface area contributed by atoms with Crippen LogP contribution in [-0.4, -0.2) is 81.3 Å². The van der Waals surface area contributed by atoms with Crippen LogP contribution in [0.25, 0.3) is 5.65 Å². The zero-order chi connectivity index (χ0) is 19.0. The molecule has 27 heavy (non-hydrogen) atoms. The summed E-state index contributed by atoms with van der Waals surface area (Å²) in [6, 6.07) is 3.13. The Bertz CT molecular complexity index is 823. The average Bonchev–Trinajstić information content (AvgIpc) is 3.31. The van der Waals surface area contributed by atoms with E-state index in [0.29, 0.717) is 38.5 Å². The Morgan fingerprint density at radius 3 is 2.37 bits per heavy atom. The number of alkyl halides is 3. The van der Waals surface area contributed by atoms with E-state index in [4.69, 9.17) is 0 Å². The van der Waals surface area contributed by atoms with Gasteiger partial charge < -0.3 is 9.80 Å². The minimum atomic E-state index is -4.61. The number of anilines is 1. The lowest BCUT2D eigenvalue weighted by Gasteiger charge is -2.35. The molecule has 1 amide bonds. The summed E-state index contributed by atoms with van der Waals surface area (Å²) in [5, 5.41) is 10.8. The van der Waals surface area contributed by atoms with Crippen molar-refractivity contribution in [2.45, 2.75) is 19.0 Å². The largest absolute Gasteiger partial charge is 0.453 e. The molecule has 2 aliphatic rings. The molecule has 11 heteroatoms. The predicted octanol–water partition coefficient (Wildman–Crippen LogP) is 0.887. The lowest BCUT2D eigenvalue weighted by Crippen LogP contribution is -2.50. The van der Waals surface area contributed by atoms with Gasteiger partial charge in [-0.1, -0.05) is 0 Å². The molecule has 4 rings (SSSR count). The van der Waals surface area contributed by atoms with Crippen LogP contribution < -0.4 is 4.90 Å². The summed E-state index contributed by atoms with van der Waals surface area (Å²) in [6.45, 7) is 4.57. The second kappa shape index (κ2) is 6.95. The normalized spacial score (nSPS) is 19.2. The van der Waals surface area contributed by atoms with E-state index in [-0.39, 0.29) is 11.6 Å². The molecule has 146 valence electrons. The molecular formula is C16H20F3N7O. The fraction of sp³-hybridized carbons (Fsp3) is 0.625. The standard InChI is InChI=1S/C16H20F3N7O/c17-16(18,19)15-21-20-12-3-4-13(22-26(12)15)24-9-7-23(8-10-24)11-14(27)25-5-1-2-6-25/h3-4H,1-2,5-11H2. The molecule has 0 radical (unpaired) electrons. The first-order chi connectivity index (χ1) is 12.9. The van der Waals surface area contributed by atoms with Crippen LogP contribution in [0.5, 0.6) is 0 Å². The van der Waals surface area contributed by atoms with Crippen molar-refractivity contribution in [3.63, 3.8) is 0 Å². The number of halogens is 3. The second-order valence-electron chi connectivity index (χ2n) is 6.83. The monoisotopic (exact) mass is 383 g/mol. The van der Waals surface area contributed by atoms with Crippen LogP contribution in [0.2, 0.25) is 0 Å². The average molecular weight is 383 g/mol. The van der Waals surface area contributed by atoms with Crippen molar-refractivity contribution in [3.8, 4) is 0 Å². The molecule has 0 aliphatic carbocycles. The van der Waals surface area contributed by atoms with Crippen molar-refractivity contribution in [2.24, 2.45) is 0 Å². The van der Waals surface area contributed by atoms with Crippen LogP contribution in [-0.2, 0) is 11.0 Å². The molecule has 0 unspecified atom stereocenters. The van der Waals surface area contributed by atoms with Crippen LogP contribution in [0.4, 0.5) is 19.0 Å². The Kier molecular flexibility index (Phi) is 4.62. The molecule has 0 atom stereocenters. The SMILES string of the molecule is O=C(CN1CCN(c2ccc3nnc(C(F)(F)F)n3n2)CC1)N1CCCC1. The first-order valence-electron chi connectivity index (χ1n) is 8.96. The van der Waals surface area contributed by atoms with Crippen LogP contribution in [0.1, 0.15) is 18.7 Å². The van der Waals surface area contributed by atoms with Gasteiger partial charge in [0.05, 0.1) is 6.54 Å². The second-order valence-corrected chi connectivity index (χ2v) is 6.83. The number of hydrogen-bond acceptors (Lipinski definition) is 6. The van der Waals surface area contributed by atoms with E-state index in [1.807, 2.05) is 9.80 Å². The number of amides is 1. The molecule has 4 heterocycles. The van der Waals surface area contributed by atoms with Gasteiger partial charge in [0.2, 0.25) is 5.91 Å². The van der Waals surface area contributed by atoms with E-state index in [1.165, 1.54) is 6.07 Å². The third kappa shape index (κ3) is 3.68. The van der Waals surface area contributed by atoms with Gasteiger partial charge in [0.25, 0.3) is 5.82 Å². The number of aromatic nitrogens is 4. The smallest absolute Gasteiger partial charge is 0.353 e. The van der Waals surface area contributed by atoms with Gasteiger partial charge in [-0.3, -0.25) is 9.69 Å². The lowest BCUT2D eigenvalue weighted by atomic mass is 10.3. The van der Waals surface area contributed by atoms with E-state index >= 15 is 0 Å². The molecule has 0 aromatic carbocycles. The maximum Gasteiger partial charge on any atom is 0.453 e. The highest BCUT2D eigenvalue weighted by Gasteiger charge is 2.38. The molecule has 2 aromatic heterocycles. The number of hydrogen-bond donors (Lipinski definition) is 0. The molecule has 0 N–H and O–H groups in total. The summed E-state index contributed by atoms with van der Waals surface area (Å²) < 4.78 is 39.8. The molecule has 2 saturated heterocycles. The van der Waals surface area contributed by atoms with Gasteiger partial charge in [-0.05, 0) is 25.0 Å². The molecule has 0 bridgehead atoms. The highest BCUT2D eigenvalue weighted by atomic mass is 19.4. The van der Waals surface area contributed by atoms with Gasteiger partial charge >= 0.3 is 6.18 Å². The van der Waals surface area contributed by atoms with Crippen molar-refractivity contribution in [1.29, 1.82) is 0 Å². The van der Waals surface area contributed by atoms with Crippen LogP contribution in [0.15, 0.2) is 12.1 Å². The molecule has 2 aliphatic heterocycles. The minimum absolute atomic E-state index is 0.0564. The van der Waals surface area contributed by atoms with E-state index < -0.39 is 12.0 Å². The molecule has 0 saturated carbocycles. The Hall–Kier alpha value is -2.43. The molecule has 8 nitrogen and oxygen atoms in total. The summed E-state index contributed by atoms with van der Waals surface area (Å²) in [5.74, 6) is -0.535. The topological polar surface area (TPSA) is 69.9 Å². The van der Waals surface area contributed by atoms with Crippen LogP contribution in [0.3, 0.4) is 0 Å². The maximum absolute atomic E-state index is 13.0. The van der Waals surface area contributed by atoms with Gasteiger partial charge in [0, 0.05) is 39.3 Å². The van der Waals surface area contributed by atoms with Gasteiger partial charge in [0.1, 0.15) is 5.82 Å². The van der Waals surface area contributed by atoms with Crippen molar-refractivity contribution < 1.29 is 18.0 Å². The Labute approximate surface area is 153 Å². The number of rotatable bonds is 3. The summed E-state index contributed by atoms with van der Waals surface area (Å²) in [6.07, 6.45) is -2.48. The zero-order valence-electron chi connectivity index (χ0n) is 14.7.